The average molecular weight is 483 g/mol. The monoisotopic (exact) mass is 478 g/mol. The van der Waals surface area contributed by atoms with Gasteiger partial charge in [0.05, 0.1) is 10.8 Å². The standard InChI is InChI=1S/C10H8Cl10/c11-2-7(5(13)14)3-1-8(17,18)9(7,6(15)16)4(12)10(3,19)20/h3-6H,1-2H2/t3?,4-,7?,9?/m0/s1. The zero-order valence-corrected chi connectivity index (χ0v) is 17.1. The SMILES string of the molecule is ClCC1(C(Cl)Cl)C2CC(Cl)(Cl)C1(C(Cl)Cl)[C@H](Cl)C2(Cl)Cl. The van der Waals surface area contributed by atoms with Crippen molar-refractivity contribution in [1.82, 2.24) is 0 Å². The van der Waals surface area contributed by atoms with Crippen molar-refractivity contribution in [2.75, 3.05) is 5.88 Å². The van der Waals surface area contributed by atoms with E-state index < -0.39 is 40.5 Å². The van der Waals surface area contributed by atoms with Crippen LogP contribution in [0.3, 0.4) is 0 Å². The molecule has 0 amide bonds. The molecule has 10 heteroatoms. The highest BCUT2D eigenvalue weighted by atomic mass is 35.5. The number of hydrogen-bond donors (Lipinski definition) is 0. The highest BCUT2D eigenvalue weighted by molar-refractivity contribution is 6.58. The lowest BCUT2D eigenvalue weighted by atomic mass is 9.69. The summed E-state index contributed by atoms with van der Waals surface area (Å²) in [5.41, 5.74) is -2.46. The molecule has 2 fully saturated rings. The van der Waals surface area contributed by atoms with Gasteiger partial charge in [-0.05, 0) is 6.42 Å². The van der Waals surface area contributed by atoms with Crippen molar-refractivity contribution in [2.24, 2.45) is 16.7 Å². The number of halogens is 10. The molecule has 0 heterocycles. The first-order chi connectivity index (χ1) is 8.94. The van der Waals surface area contributed by atoms with Crippen LogP contribution >= 0.6 is 116 Å². The van der Waals surface area contributed by atoms with Crippen LogP contribution in [-0.2, 0) is 0 Å². The van der Waals surface area contributed by atoms with E-state index in [4.69, 9.17) is 116 Å². The zero-order chi connectivity index (χ0) is 15.7. The van der Waals surface area contributed by atoms with Gasteiger partial charge in [-0.1, -0.05) is 23.2 Å². The molecule has 2 aliphatic carbocycles. The van der Waals surface area contributed by atoms with Crippen molar-refractivity contribution in [3.8, 4) is 0 Å². The minimum Gasteiger partial charge on any atom is -0.126 e. The van der Waals surface area contributed by atoms with Gasteiger partial charge < -0.3 is 0 Å². The van der Waals surface area contributed by atoms with Gasteiger partial charge in [0.25, 0.3) is 0 Å². The van der Waals surface area contributed by atoms with Gasteiger partial charge in [0.15, 0.2) is 0 Å². The molecule has 0 aromatic rings. The quantitative estimate of drug-likeness (QED) is 0.388. The Morgan fingerprint density at radius 1 is 0.950 bits per heavy atom. The predicted octanol–water partition coefficient (Wildman–Crippen LogP) is 6.79. The molecular weight excluding hydrogens is 475 g/mol. The van der Waals surface area contributed by atoms with Crippen LogP contribution in [0.1, 0.15) is 6.42 Å². The molecule has 0 spiro atoms. The fourth-order valence-corrected chi connectivity index (χ4v) is 9.37. The summed E-state index contributed by atoms with van der Waals surface area (Å²) in [4.78, 5) is -2.10. The zero-order valence-electron chi connectivity index (χ0n) is 9.50. The number of hydrogen-bond acceptors (Lipinski definition) is 0. The van der Waals surface area contributed by atoms with Crippen LogP contribution in [0.25, 0.3) is 0 Å². The van der Waals surface area contributed by atoms with Gasteiger partial charge in [0.2, 0.25) is 0 Å². The smallest absolute Gasteiger partial charge is 0.126 e. The summed E-state index contributed by atoms with van der Waals surface area (Å²) in [5, 5.41) is -0.967. The van der Waals surface area contributed by atoms with E-state index in [0.29, 0.717) is 0 Å². The lowest BCUT2D eigenvalue weighted by molar-refractivity contribution is 0.137. The molecular formula is C10H8Cl10. The van der Waals surface area contributed by atoms with E-state index in [2.05, 4.69) is 0 Å². The Balaban J connectivity index is 2.81. The van der Waals surface area contributed by atoms with Crippen LogP contribution in [0.5, 0.6) is 0 Å². The van der Waals surface area contributed by atoms with Gasteiger partial charge in [0, 0.05) is 17.2 Å². The number of alkyl halides is 10. The lowest BCUT2D eigenvalue weighted by Gasteiger charge is -2.50. The van der Waals surface area contributed by atoms with Crippen LogP contribution in [0.15, 0.2) is 0 Å². The fraction of sp³-hybridized carbons (Fsp3) is 1.00. The minimum atomic E-state index is -1.40. The maximum Gasteiger partial charge on any atom is 0.138 e. The Hall–Kier alpha value is 2.90. The van der Waals surface area contributed by atoms with E-state index >= 15 is 0 Å². The van der Waals surface area contributed by atoms with E-state index in [0.717, 1.165) is 0 Å². The van der Waals surface area contributed by atoms with Crippen LogP contribution in [-0.4, -0.2) is 29.6 Å². The second kappa shape index (κ2) is 5.72. The Bertz CT molecular complexity index is 407. The molecule has 2 bridgehead atoms. The molecule has 3 unspecified atom stereocenters. The van der Waals surface area contributed by atoms with Gasteiger partial charge in [-0.15, -0.1) is 92.8 Å². The summed E-state index contributed by atoms with van der Waals surface area (Å²) >= 11 is 63.2. The summed E-state index contributed by atoms with van der Waals surface area (Å²) < 4.78 is -2.80. The Labute approximate surface area is 167 Å². The summed E-state index contributed by atoms with van der Waals surface area (Å²) in [7, 11) is 0. The first-order valence-electron chi connectivity index (χ1n) is 5.46. The lowest BCUT2D eigenvalue weighted by Crippen LogP contribution is -2.59. The molecule has 0 nitrogen and oxygen atoms in total. The van der Waals surface area contributed by atoms with Crippen LogP contribution in [0.2, 0.25) is 0 Å². The van der Waals surface area contributed by atoms with Crippen molar-refractivity contribution in [2.45, 2.75) is 30.1 Å². The van der Waals surface area contributed by atoms with Crippen molar-refractivity contribution in [3.63, 3.8) is 0 Å². The van der Waals surface area contributed by atoms with Gasteiger partial charge in [-0.3, -0.25) is 0 Å². The maximum atomic E-state index is 6.47. The van der Waals surface area contributed by atoms with E-state index in [9.17, 15) is 0 Å². The number of rotatable bonds is 3. The third-order valence-corrected chi connectivity index (χ3v) is 9.33. The summed E-state index contributed by atoms with van der Waals surface area (Å²) in [5.74, 6) is -0.579. The Morgan fingerprint density at radius 3 is 1.75 bits per heavy atom. The molecule has 2 aliphatic rings. The molecule has 0 saturated heterocycles. The first-order valence-corrected chi connectivity index (χ1v) is 9.69. The van der Waals surface area contributed by atoms with Crippen LogP contribution in [0.4, 0.5) is 0 Å². The minimum absolute atomic E-state index is 0.0309. The predicted molar refractivity (Wildman–Crippen MR) is 93.2 cm³/mol. The summed E-state index contributed by atoms with van der Waals surface area (Å²) in [6, 6.07) is 0. The van der Waals surface area contributed by atoms with Gasteiger partial charge in [-0.2, -0.15) is 0 Å². The maximum absolute atomic E-state index is 6.47. The Kier molecular flexibility index (Phi) is 5.50. The molecule has 20 heavy (non-hydrogen) atoms. The van der Waals surface area contributed by atoms with Crippen molar-refractivity contribution in [3.05, 3.63) is 0 Å². The van der Waals surface area contributed by atoms with Crippen molar-refractivity contribution in [1.29, 1.82) is 0 Å². The molecule has 2 rings (SSSR count). The van der Waals surface area contributed by atoms with E-state index in [-0.39, 0.29) is 12.3 Å². The molecule has 4 atom stereocenters. The van der Waals surface area contributed by atoms with Gasteiger partial charge in [-0.25, -0.2) is 0 Å². The molecule has 118 valence electrons. The normalized spacial score (nSPS) is 45.6. The second-order valence-electron chi connectivity index (χ2n) is 5.14. The third-order valence-electron chi connectivity index (χ3n) is 4.61. The number of fused-ring (bicyclic) bond motifs is 2. The van der Waals surface area contributed by atoms with E-state index in [1.165, 1.54) is 0 Å². The highest BCUT2D eigenvalue weighted by Gasteiger charge is 2.87. The average Bonchev–Trinajstić information content (AvgIpc) is 2.61. The summed E-state index contributed by atoms with van der Waals surface area (Å²) in [6.45, 7) is 0. The summed E-state index contributed by atoms with van der Waals surface area (Å²) in [6.07, 6.45) is 0.185. The molecule has 2 saturated carbocycles. The van der Waals surface area contributed by atoms with E-state index in [1.807, 2.05) is 0 Å². The molecule has 0 aliphatic heterocycles. The largest absolute Gasteiger partial charge is 0.138 e. The van der Waals surface area contributed by atoms with Crippen LogP contribution in [0, 0.1) is 16.7 Å². The van der Waals surface area contributed by atoms with Gasteiger partial charge >= 0.3 is 0 Å². The molecule has 0 N–H and O–H groups in total. The second-order valence-corrected chi connectivity index (χ2v) is 11.0. The van der Waals surface area contributed by atoms with Crippen LogP contribution < -0.4 is 0 Å². The van der Waals surface area contributed by atoms with Crippen molar-refractivity contribution >= 4 is 116 Å². The Morgan fingerprint density at radius 2 is 1.45 bits per heavy atom. The highest BCUT2D eigenvalue weighted by Crippen LogP contribution is 2.83. The van der Waals surface area contributed by atoms with Gasteiger partial charge in [0.1, 0.15) is 18.3 Å². The molecule has 0 aromatic carbocycles. The molecule has 0 radical (unpaired) electrons. The van der Waals surface area contributed by atoms with Crippen molar-refractivity contribution < 1.29 is 0 Å². The first kappa shape index (κ1) is 19.2. The topological polar surface area (TPSA) is 0 Å². The fourth-order valence-electron chi connectivity index (χ4n) is 3.69. The third kappa shape index (κ3) is 1.97. The van der Waals surface area contributed by atoms with E-state index in [1.54, 1.807) is 0 Å². The molecule has 0 aromatic heterocycles.